The monoisotopic (exact) mass is 249 g/mol. The molecule has 0 bridgehead atoms. The van der Waals surface area contributed by atoms with Gasteiger partial charge in [0.05, 0.1) is 6.26 Å². The average Bonchev–Trinajstić information content (AvgIpc) is 2.81. The normalized spacial score (nSPS) is 21.9. The highest BCUT2D eigenvalue weighted by molar-refractivity contribution is 5.02. The third kappa shape index (κ3) is 3.61. The first-order valence-electron chi connectivity index (χ1n) is 7.36. The van der Waals surface area contributed by atoms with Crippen molar-refractivity contribution in [1.29, 1.82) is 0 Å². The fourth-order valence-electron chi connectivity index (χ4n) is 3.14. The van der Waals surface area contributed by atoms with Gasteiger partial charge in [-0.3, -0.25) is 0 Å². The van der Waals surface area contributed by atoms with Crippen LogP contribution in [-0.2, 0) is 6.42 Å². The van der Waals surface area contributed by atoms with Crippen LogP contribution in [0.3, 0.4) is 0 Å². The molecule has 2 heteroatoms. The Balaban J connectivity index is 1.93. The highest BCUT2D eigenvalue weighted by atomic mass is 16.3. The van der Waals surface area contributed by atoms with Gasteiger partial charge in [0.1, 0.15) is 5.76 Å². The van der Waals surface area contributed by atoms with E-state index in [1.165, 1.54) is 25.7 Å². The van der Waals surface area contributed by atoms with E-state index in [9.17, 15) is 0 Å². The minimum atomic E-state index is 0.554. The van der Waals surface area contributed by atoms with Gasteiger partial charge in [0.2, 0.25) is 0 Å². The van der Waals surface area contributed by atoms with E-state index >= 15 is 0 Å². The van der Waals surface area contributed by atoms with Crippen LogP contribution in [0.1, 0.15) is 52.2 Å². The summed E-state index contributed by atoms with van der Waals surface area (Å²) in [5.41, 5.74) is 0.554. The van der Waals surface area contributed by atoms with Crippen LogP contribution in [0, 0.1) is 11.3 Å². The first-order chi connectivity index (χ1) is 8.61. The van der Waals surface area contributed by atoms with Crippen molar-refractivity contribution in [3.63, 3.8) is 0 Å². The van der Waals surface area contributed by atoms with Crippen molar-refractivity contribution in [1.82, 2.24) is 5.32 Å². The Morgan fingerprint density at radius 1 is 1.39 bits per heavy atom. The quantitative estimate of drug-likeness (QED) is 0.852. The summed E-state index contributed by atoms with van der Waals surface area (Å²) in [4.78, 5) is 0. The minimum absolute atomic E-state index is 0.554. The molecule has 0 aromatic carbocycles. The molecular formula is C16H27NO. The second-order valence-electron chi connectivity index (χ2n) is 6.45. The summed E-state index contributed by atoms with van der Waals surface area (Å²) in [5, 5.41) is 3.66. The number of likely N-dealkylation sites (N-methyl/N-ethyl adjacent to an activating group) is 1. The van der Waals surface area contributed by atoms with Crippen LogP contribution < -0.4 is 5.32 Å². The molecule has 102 valence electrons. The van der Waals surface area contributed by atoms with E-state index in [0.29, 0.717) is 11.5 Å². The van der Waals surface area contributed by atoms with Gasteiger partial charge in [0.25, 0.3) is 0 Å². The second-order valence-corrected chi connectivity index (χ2v) is 6.45. The zero-order chi connectivity index (χ0) is 13.0. The van der Waals surface area contributed by atoms with Crippen molar-refractivity contribution in [3.05, 3.63) is 24.2 Å². The smallest absolute Gasteiger partial charge is 0.105 e. The van der Waals surface area contributed by atoms with Crippen molar-refractivity contribution >= 4 is 0 Å². The molecule has 1 fully saturated rings. The summed E-state index contributed by atoms with van der Waals surface area (Å²) in [6.07, 6.45) is 8.24. The lowest BCUT2D eigenvalue weighted by molar-refractivity contribution is 0.159. The predicted molar refractivity (Wildman–Crippen MR) is 75.6 cm³/mol. The van der Waals surface area contributed by atoms with Crippen LogP contribution in [0.4, 0.5) is 0 Å². The lowest BCUT2D eigenvalue weighted by atomic mass is 9.70. The molecule has 0 radical (unpaired) electrons. The molecule has 0 aliphatic heterocycles. The van der Waals surface area contributed by atoms with Gasteiger partial charge in [0.15, 0.2) is 0 Å². The number of rotatable bonds is 5. The standard InChI is InChI=1S/C16H27NO/c1-4-17-15(12-14-6-5-11-18-14)13-7-9-16(2,3)10-8-13/h5-6,11,13,15,17H,4,7-10,12H2,1-3H3. The maximum atomic E-state index is 5.50. The summed E-state index contributed by atoms with van der Waals surface area (Å²) in [6.45, 7) is 8.04. The zero-order valence-corrected chi connectivity index (χ0v) is 12.0. The van der Waals surface area contributed by atoms with Gasteiger partial charge in [-0.1, -0.05) is 20.8 Å². The molecule has 2 nitrogen and oxygen atoms in total. The second kappa shape index (κ2) is 5.92. The molecule has 1 saturated carbocycles. The Morgan fingerprint density at radius 2 is 2.11 bits per heavy atom. The highest BCUT2D eigenvalue weighted by Crippen LogP contribution is 2.39. The molecule has 2 rings (SSSR count). The van der Waals surface area contributed by atoms with Gasteiger partial charge in [-0.05, 0) is 55.7 Å². The Hall–Kier alpha value is -0.760. The van der Waals surface area contributed by atoms with E-state index in [-0.39, 0.29) is 0 Å². The van der Waals surface area contributed by atoms with Crippen molar-refractivity contribution in [3.8, 4) is 0 Å². The number of nitrogens with one attached hydrogen (secondary N) is 1. The fraction of sp³-hybridized carbons (Fsp3) is 0.750. The third-order valence-corrected chi connectivity index (χ3v) is 4.42. The van der Waals surface area contributed by atoms with E-state index in [2.05, 4.69) is 32.2 Å². The van der Waals surface area contributed by atoms with Gasteiger partial charge in [-0.2, -0.15) is 0 Å². The topological polar surface area (TPSA) is 25.2 Å². The van der Waals surface area contributed by atoms with Crippen LogP contribution in [-0.4, -0.2) is 12.6 Å². The molecule has 1 aliphatic carbocycles. The molecular weight excluding hydrogens is 222 g/mol. The first kappa shape index (κ1) is 13.7. The molecule has 0 amide bonds. The fourth-order valence-corrected chi connectivity index (χ4v) is 3.14. The lowest BCUT2D eigenvalue weighted by Gasteiger charge is -2.38. The van der Waals surface area contributed by atoms with Gasteiger partial charge >= 0.3 is 0 Å². The molecule has 1 heterocycles. The number of hydrogen-bond acceptors (Lipinski definition) is 2. The average molecular weight is 249 g/mol. The largest absolute Gasteiger partial charge is 0.469 e. The lowest BCUT2D eigenvalue weighted by Crippen LogP contribution is -2.40. The van der Waals surface area contributed by atoms with Crippen LogP contribution in [0.25, 0.3) is 0 Å². The maximum absolute atomic E-state index is 5.50. The minimum Gasteiger partial charge on any atom is -0.469 e. The summed E-state index contributed by atoms with van der Waals surface area (Å²) in [6, 6.07) is 4.66. The molecule has 1 aromatic heterocycles. The van der Waals surface area contributed by atoms with E-state index in [1.807, 2.05) is 6.07 Å². The molecule has 1 N–H and O–H groups in total. The van der Waals surface area contributed by atoms with Crippen molar-refractivity contribution in [2.45, 2.75) is 58.9 Å². The summed E-state index contributed by atoms with van der Waals surface area (Å²) in [7, 11) is 0. The van der Waals surface area contributed by atoms with Gasteiger partial charge in [-0.15, -0.1) is 0 Å². The van der Waals surface area contributed by atoms with Crippen LogP contribution in [0.15, 0.2) is 22.8 Å². The maximum Gasteiger partial charge on any atom is 0.105 e. The molecule has 18 heavy (non-hydrogen) atoms. The predicted octanol–water partition coefficient (Wildman–Crippen LogP) is 4.02. The Labute approximate surface area is 111 Å². The van der Waals surface area contributed by atoms with E-state index < -0.39 is 0 Å². The molecule has 1 aromatic rings. The summed E-state index contributed by atoms with van der Waals surface area (Å²) >= 11 is 0. The molecule has 1 unspecified atom stereocenters. The summed E-state index contributed by atoms with van der Waals surface area (Å²) in [5.74, 6) is 1.92. The highest BCUT2D eigenvalue weighted by Gasteiger charge is 2.31. The Bertz CT molecular complexity index is 332. The zero-order valence-electron chi connectivity index (χ0n) is 12.0. The van der Waals surface area contributed by atoms with Crippen molar-refractivity contribution in [2.75, 3.05) is 6.54 Å². The van der Waals surface area contributed by atoms with Crippen LogP contribution in [0.2, 0.25) is 0 Å². The molecule has 1 aliphatic rings. The number of hydrogen-bond donors (Lipinski definition) is 1. The van der Waals surface area contributed by atoms with Crippen molar-refractivity contribution in [2.24, 2.45) is 11.3 Å². The van der Waals surface area contributed by atoms with Crippen molar-refractivity contribution < 1.29 is 4.42 Å². The molecule has 1 atom stereocenters. The third-order valence-electron chi connectivity index (χ3n) is 4.42. The van der Waals surface area contributed by atoms with Crippen LogP contribution in [0.5, 0.6) is 0 Å². The van der Waals surface area contributed by atoms with Gasteiger partial charge in [0, 0.05) is 12.5 Å². The Kier molecular flexibility index (Phi) is 4.50. The van der Waals surface area contributed by atoms with Crippen LogP contribution >= 0.6 is 0 Å². The molecule has 0 saturated heterocycles. The van der Waals surface area contributed by atoms with Gasteiger partial charge in [-0.25, -0.2) is 0 Å². The molecule has 0 spiro atoms. The van der Waals surface area contributed by atoms with Gasteiger partial charge < -0.3 is 9.73 Å². The Morgan fingerprint density at radius 3 is 2.67 bits per heavy atom. The van der Waals surface area contributed by atoms with E-state index in [0.717, 1.165) is 24.6 Å². The van der Waals surface area contributed by atoms with E-state index in [1.54, 1.807) is 6.26 Å². The van der Waals surface area contributed by atoms with E-state index in [4.69, 9.17) is 4.42 Å². The first-order valence-corrected chi connectivity index (χ1v) is 7.36. The SMILES string of the molecule is CCNC(Cc1ccco1)C1CCC(C)(C)CC1. The number of furan rings is 1. The summed E-state index contributed by atoms with van der Waals surface area (Å²) < 4.78 is 5.50.